The van der Waals surface area contributed by atoms with Gasteiger partial charge in [0.15, 0.2) is 12.4 Å². The summed E-state index contributed by atoms with van der Waals surface area (Å²) in [6, 6.07) is -1.02. The summed E-state index contributed by atoms with van der Waals surface area (Å²) in [5, 5.41) is 57.2. The third kappa shape index (κ3) is 47.8. The fourth-order valence-electron chi connectivity index (χ4n) is 11.7. The average Bonchev–Trinajstić information content (AvgIpc) is 3.51. The van der Waals surface area contributed by atoms with Crippen molar-refractivity contribution in [2.75, 3.05) is 13.2 Å². The Bertz CT molecular complexity index is 1450. The number of hydrogen-bond acceptors (Lipinski definition) is 10. The molecule has 0 aromatic rings. The van der Waals surface area contributed by atoms with Gasteiger partial charge in [0, 0.05) is 6.42 Å². The molecular formula is C72H137NO10. The minimum absolute atomic E-state index is 0.130. The monoisotopic (exact) mass is 1180 g/mol. The molecule has 1 rings (SSSR count). The van der Waals surface area contributed by atoms with Crippen molar-refractivity contribution in [3.05, 3.63) is 24.3 Å². The van der Waals surface area contributed by atoms with Crippen molar-refractivity contribution in [2.45, 2.75) is 410 Å². The number of amides is 1. The number of ether oxygens (including phenoxy) is 3. The molecule has 1 saturated heterocycles. The summed E-state index contributed by atoms with van der Waals surface area (Å²) < 4.78 is 17.7. The van der Waals surface area contributed by atoms with Crippen LogP contribution in [0.5, 0.6) is 0 Å². The number of esters is 1. The van der Waals surface area contributed by atoms with Crippen molar-refractivity contribution in [1.82, 2.24) is 5.32 Å². The predicted molar refractivity (Wildman–Crippen MR) is 348 cm³/mol. The second-order valence-corrected chi connectivity index (χ2v) is 25.3. The highest BCUT2D eigenvalue weighted by Crippen LogP contribution is 2.26. The average molecular weight is 1180 g/mol. The highest BCUT2D eigenvalue weighted by molar-refractivity contribution is 5.80. The second-order valence-electron chi connectivity index (χ2n) is 25.3. The van der Waals surface area contributed by atoms with Crippen LogP contribution in [0.15, 0.2) is 24.3 Å². The summed E-state index contributed by atoms with van der Waals surface area (Å²) >= 11 is 0. The van der Waals surface area contributed by atoms with Crippen molar-refractivity contribution in [3.63, 3.8) is 0 Å². The summed E-state index contributed by atoms with van der Waals surface area (Å²) in [7, 11) is 0. The van der Waals surface area contributed by atoms with Crippen LogP contribution in [0.3, 0.4) is 0 Å². The number of carbonyl (C=O) groups is 2. The first-order valence-electron chi connectivity index (χ1n) is 36.1. The summed E-state index contributed by atoms with van der Waals surface area (Å²) in [4.78, 5) is 26.6. The maximum absolute atomic E-state index is 13.4. The molecule has 11 nitrogen and oxygen atoms in total. The van der Waals surface area contributed by atoms with Gasteiger partial charge in [-0.3, -0.25) is 9.59 Å². The van der Waals surface area contributed by atoms with E-state index in [1.54, 1.807) is 6.08 Å². The number of aliphatic hydroxyl groups is 5. The zero-order chi connectivity index (χ0) is 60.3. The molecule has 8 unspecified atom stereocenters. The van der Waals surface area contributed by atoms with E-state index in [1.807, 2.05) is 6.08 Å². The minimum atomic E-state index is -1.61. The number of nitrogens with one attached hydrogen (secondary N) is 1. The summed E-state index contributed by atoms with van der Waals surface area (Å²) in [6.45, 7) is 5.83. The Labute approximate surface area is 511 Å². The standard InChI is InChI=1S/C72H137NO10/c1-4-7-10-13-16-19-22-25-27-28-29-30-31-32-33-34-35-36-37-38-39-42-45-48-51-54-57-60-67(77)83-70-69(79)68(78)66(61-74)82-72(70)81-62-63(64(75)58-55-52-49-46-43-40-24-21-18-15-12-9-6-3)73-71(80)65(76)59-56-53-50-47-44-41-26-23-20-17-14-11-8-5-2/h20,23,55,58,63-66,68-70,72,74-76,78-79H,4-19,21-22,24-54,56-57,59-62H2,1-3H3,(H,73,80)/b23-20-,58-55+. The zero-order valence-corrected chi connectivity index (χ0v) is 54.6. The number of carbonyl (C=O) groups excluding carboxylic acids is 2. The topological polar surface area (TPSA) is 175 Å². The van der Waals surface area contributed by atoms with E-state index in [2.05, 4.69) is 38.2 Å². The van der Waals surface area contributed by atoms with Crippen LogP contribution in [0, 0.1) is 0 Å². The van der Waals surface area contributed by atoms with Crippen LogP contribution < -0.4 is 5.32 Å². The molecule has 0 aromatic carbocycles. The summed E-state index contributed by atoms with van der Waals surface area (Å²) in [5.41, 5.74) is 0. The van der Waals surface area contributed by atoms with Crippen molar-refractivity contribution >= 4 is 11.9 Å². The van der Waals surface area contributed by atoms with Crippen molar-refractivity contribution < 1.29 is 49.3 Å². The van der Waals surface area contributed by atoms with Gasteiger partial charge in [0.2, 0.25) is 5.91 Å². The number of rotatable bonds is 63. The second kappa shape index (κ2) is 60.4. The molecule has 1 aliphatic heterocycles. The highest BCUT2D eigenvalue weighted by Gasteiger charge is 2.47. The molecular weight excluding hydrogens is 1040 g/mol. The van der Waals surface area contributed by atoms with Crippen LogP contribution in [0.2, 0.25) is 0 Å². The van der Waals surface area contributed by atoms with E-state index < -0.39 is 67.4 Å². The van der Waals surface area contributed by atoms with Gasteiger partial charge in [0.05, 0.1) is 25.4 Å². The van der Waals surface area contributed by atoms with Gasteiger partial charge in [-0.1, -0.05) is 328 Å². The molecule has 0 aliphatic carbocycles. The minimum Gasteiger partial charge on any atom is -0.454 e. The first kappa shape index (κ1) is 79.2. The van der Waals surface area contributed by atoms with Crippen LogP contribution in [0.4, 0.5) is 0 Å². The van der Waals surface area contributed by atoms with Gasteiger partial charge in [-0.2, -0.15) is 0 Å². The van der Waals surface area contributed by atoms with Gasteiger partial charge >= 0.3 is 5.97 Å². The molecule has 1 aliphatic rings. The van der Waals surface area contributed by atoms with E-state index in [0.717, 1.165) is 70.6 Å². The molecule has 1 fully saturated rings. The Kier molecular flexibility index (Phi) is 57.6. The zero-order valence-electron chi connectivity index (χ0n) is 54.6. The van der Waals surface area contributed by atoms with Crippen LogP contribution in [0.25, 0.3) is 0 Å². The summed E-state index contributed by atoms with van der Waals surface area (Å²) in [5.74, 6) is -1.18. The van der Waals surface area contributed by atoms with E-state index >= 15 is 0 Å². The lowest BCUT2D eigenvalue weighted by Crippen LogP contribution is -2.61. The molecule has 0 radical (unpaired) electrons. The van der Waals surface area contributed by atoms with E-state index in [-0.39, 0.29) is 19.4 Å². The molecule has 0 saturated carbocycles. The molecule has 8 atom stereocenters. The van der Waals surface area contributed by atoms with Gasteiger partial charge in [-0.15, -0.1) is 0 Å². The van der Waals surface area contributed by atoms with E-state index in [4.69, 9.17) is 14.2 Å². The van der Waals surface area contributed by atoms with E-state index in [0.29, 0.717) is 12.8 Å². The normalized spacial score (nSPS) is 18.6. The molecule has 11 heteroatoms. The van der Waals surface area contributed by atoms with Crippen LogP contribution in [-0.2, 0) is 23.8 Å². The molecule has 0 aromatic heterocycles. The van der Waals surface area contributed by atoms with Gasteiger partial charge in [0.1, 0.15) is 24.4 Å². The number of allylic oxidation sites excluding steroid dienone is 3. The van der Waals surface area contributed by atoms with E-state index in [9.17, 15) is 35.1 Å². The third-order valence-corrected chi connectivity index (χ3v) is 17.4. The molecule has 6 N–H and O–H groups in total. The van der Waals surface area contributed by atoms with Crippen molar-refractivity contribution in [3.8, 4) is 0 Å². The molecule has 1 amide bonds. The molecule has 490 valence electrons. The molecule has 83 heavy (non-hydrogen) atoms. The quantitative estimate of drug-likeness (QED) is 0.0195. The van der Waals surface area contributed by atoms with Gasteiger partial charge < -0.3 is 45.1 Å². The fraction of sp³-hybridized carbons (Fsp3) is 0.917. The fourth-order valence-corrected chi connectivity index (χ4v) is 11.7. The first-order chi connectivity index (χ1) is 40.7. The number of aliphatic hydroxyl groups excluding tert-OH is 5. The Balaban J connectivity index is 2.51. The maximum atomic E-state index is 13.4. The Morgan fingerprint density at radius 1 is 0.458 bits per heavy atom. The Morgan fingerprint density at radius 3 is 1.18 bits per heavy atom. The van der Waals surface area contributed by atoms with Gasteiger partial charge in [-0.05, 0) is 51.4 Å². The van der Waals surface area contributed by atoms with Crippen molar-refractivity contribution in [1.29, 1.82) is 0 Å². The van der Waals surface area contributed by atoms with Crippen LogP contribution in [-0.4, -0.2) is 99.6 Å². The molecule has 1 heterocycles. The number of hydrogen-bond donors (Lipinski definition) is 6. The van der Waals surface area contributed by atoms with Crippen LogP contribution >= 0.6 is 0 Å². The lowest BCUT2D eigenvalue weighted by atomic mass is 9.99. The van der Waals surface area contributed by atoms with Crippen molar-refractivity contribution in [2.24, 2.45) is 0 Å². The number of unbranched alkanes of at least 4 members (excludes halogenated alkanes) is 47. The smallest absolute Gasteiger partial charge is 0.306 e. The molecule has 0 spiro atoms. The van der Waals surface area contributed by atoms with Gasteiger partial charge in [0.25, 0.3) is 0 Å². The largest absolute Gasteiger partial charge is 0.454 e. The Morgan fingerprint density at radius 2 is 0.795 bits per heavy atom. The first-order valence-corrected chi connectivity index (χ1v) is 36.1. The van der Waals surface area contributed by atoms with Crippen LogP contribution in [0.1, 0.15) is 361 Å². The van der Waals surface area contributed by atoms with Gasteiger partial charge in [-0.25, -0.2) is 0 Å². The molecule has 0 bridgehead atoms. The third-order valence-electron chi connectivity index (χ3n) is 17.4. The maximum Gasteiger partial charge on any atom is 0.306 e. The van der Waals surface area contributed by atoms with E-state index in [1.165, 1.54) is 244 Å². The predicted octanol–water partition coefficient (Wildman–Crippen LogP) is 18.4. The highest BCUT2D eigenvalue weighted by atomic mass is 16.7. The lowest BCUT2D eigenvalue weighted by Gasteiger charge is -2.41. The lowest BCUT2D eigenvalue weighted by molar-refractivity contribution is -0.305. The SMILES string of the molecule is CCCCCC/C=C\CCCCCCCCC(O)C(=O)NC(COC1OC(CO)C(O)C(O)C1OC(=O)CCCCCCCCCCCCCCCCCCCCCCCCCCCCC)C(O)/C=C/CCCCCCCCCCCCC. The summed E-state index contributed by atoms with van der Waals surface area (Å²) in [6.07, 6.45) is 62.3. The Hall–Kier alpha value is -1.86.